The molecule has 12 heavy (non-hydrogen) atoms. The van der Waals surface area contributed by atoms with E-state index in [-0.39, 0.29) is 0 Å². The highest BCUT2D eigenvalue weighted by atomic mass is 14.5. The largest absolute Gasteiger partial charge is 0.330 e. The van der Waals surface area contributed by atoms with E-state index in [1.54, 1.807) is 0 Å². The summed E-state index contributed by atoms with van der Waals surface area (Å²) < 4.78 is 0. The lowest BCUT2D eigenvalue weighted by molar-refractivity contribution is 0.0606. The second-order valence-corrected chi connectivity index (χ2v) is 5.45. The van der Waals surface area contributed by atoms with E-state index < -0.39 is 0 Å². The molecule has 0 aliphatic rings. The molecule has 1 atom stereocenters. The fourth-order valence-corrected chi connectivity index (χ4v) is 1.35. The summed E-state index contributed by atoms with van der Waals surface area (Å²) in [5.41, 5.74) is 6.30. The lowest BCUT2D eigenvalue weighted by Crippen LogP contribution is -2.36. The number of nitrogens with two attached hydrogens (primary N) is 1. The lowest BCUT2D eigenvalue weighted by atomic mass is 9.62. The zero-order chi connectivity index (χ0) is 9.99. The van der Waals surface area contributed by atoms with Crippen molar-refractivity contribution < 1.29 is 0 Å². The molecule has 0 aromatic heterocycles. The van der Waals surface area contributed by atoms with E-state index in [2.05, 4.69) is 41.5 Å². The summed E-state index contributed by atoms with van der Waals surface area (Å²) in [6.07, 6.45) is 1.13. The van der Waals surface area contributed by atoms with Crippen LogP contribution < -0.4 is 5.73 Å². The predicted molar refractivity (Wildman–Crippen MR) is 56.1 cm³/mol. The topological polar surface area (TPSA) is 26.0 Å². The van der Waals surface area contributed by atoms with Crippen molar-refractivity contribution in [1.29, 1.82) is 0 Å². The van der Waals surface area contributed by atoms with Crippen LogP contribution in [0.2, 0.25) is 0 Å². The maximum Gasteiger partial charge on any atom is -0.00745 e. The minimum Gasteiger partial charge on any atom is -0.330 e. The lowest BCUT2D eigenvalue weighted by Gasteiger charge is -2.43. The molecule has 0 amide bonds. The molecule has 0 bridgehead atoms. The van der Waals surface area contributed by atoms with E-state index >= 15 is 0 Å². The van der Waals surface area contributed by atoms with Gasteiger partial charge in [-0.05, 0) is 29.7 Å². The second kappa shape index (κ2) is 3.78. The average molecular weight is 171 g/mol. The van der Waals surface area contributed by atoms with Crippen LogP contribution in [0, 0.1) is 16.7 Å². The molecule has 0 aliphatic carbocycles. The fourth-order valence-electron chi connectivity index (χ4n) is 1.35. The van der Waals surface area contributed by atoms with Gasteiger partial charge in [-0.2, -0.15) is 0 Å². The van der Waals surface area contributed by atoms with Gasteiger partial charge in [0.15, 0.2) is 0 Å². The summed E-state index contributed by atoms with van der Waals surface area (Å²) in [4.78, 5) is 0. The molecule has 74 valence electrons. The fraction of sp³-hybridized carbons (Fsp3) is 1.00. The molecule has 1 unspecified atom stereocenters. The maximum atomic E-state index is 5.57. The summed E-state index contributed by atoms with van der Waals surface area (Å²) in [6, 6.07) is 0. The molecule has 1 heteroatoms. The minimum atomic E-state index is 0.363. The van der Waals surface area contributed by atoms with Crippen molar-refractivity contribution in [2.45, 2.75) is 48.0 Å². The molecule has 0 spiro atoms. The van der Waals surface area contributed by atoms with Gasteiger partial charge in [0, 0.05) is 0 Å². The first-order chi connectivity index (χ1) is 5.23. The molecule has 0 saturated heterocycles. The van der Waals surface area contributed by atoms with Gasteiger partial charge in [0.05, 0.1) is 0 Å². The van der Waals surface area contributed by atoms with Crippen LogP contribution in [0.3, 0.4) is 0 Å². The zero-order valence-corrected chi connectivity index (χ0v) is 9.57. The first kappa shape index (κ1) is 12.0. The van der Waals surface area contributed by atoms with Crippen LogP contribution >= 0.6 is 0 Å². The number of hydrogen-bond donors (Lipinski definition) is 1. The molecular weight excluding hydrogens is 146 g/mol. The molecule has 0 heterocycles. The summed E-state index contributed by atoms with van der Waals surface area (Å²) in [5, 5.41) is 0. The van der Waals surface area contributed by atoms with Gasteiger partial charge in [-0.3, -0.25) is 0 Å². The van der Waals surface area contributed by atoms with Crippen LogP contribution in [0.25, 0.3) is 0 Å². The quantitative estimate of drug-likeness (QED) is 0.694. The number of hydrogen-bond acceptors (Lipinski definition) is 1. The Hall–Kier alpha value is -0.0400. The highest BCUT2D eigenvalue weighted by molar-refractivity contribution is 4.86. The Balaban J connectivity index is 4.38. The molecule has 0 fully saturated rings. The van der Waals surface area contributed by atoms with Gasteiger partial charge >= 0.3 is 0 Å². The Morgan fingerprint density at radius 1 is 1.08 bits per heavy atom. The summed E-state index contributed by atoms with van der Waals surface area (Å²) >= 11 is 0. The molecule has 0 radical (unpaired) electrons. The smallest absolute Gasteiger partial charge is 0.00745 e. The van der Waals surface area contributed by atoms with Crippen molar-refractivity contribution in [3.63, 3.8) is 0 Å². The Labute approximate surface area is 77.7 Å². The van der Waals surface area contributed by atoms with Gasteiger partial charge in [-0.15, -0.1) is 0 Å². The molecule has 0 aliphatic heterocycles. The predicted octanol–water partition coefficient (Wildman–Crippen LogP) is 3.04. The van der Waals surface area contributed by atoms with Gasteiger partial charge in [0.25, 0.3) is 0 Å². The van der Waals surface area contributed by atoms with Crippen LogP contribution in [-0.2, 0) is 0 Å². The molecule has 0 saturated carbocycles. The van der Waals surface area contributed by atoms with E-state index in [0.717, 1.165) is 13.0 Å². The van der Waals surface area contributed by atoms with Gasteiger partial charge in [0.1, 0.15) is 0 Å². The van der Waals surface area contributed by atoms with Crippen LogP contribution in [0.15, 0.2) is 0 Å². The molecule has 0 aromatic rings. The van der Waals surface area contributed by atoms with E-state index in [0.29, 0.717) is 16.7 Å². The third-order valence-electron chi connectivity index (χ3n) is 3.76. The molecule has 1 nitrogen and oxygen atoms in total. The Morgan fingerprint density at radius 2 is 1.50 bits per heavy atom. The third-order valence-corrected chi connectivity index (χ3v) is 3.76. The van der Waals surface area contributed by atoms with Gasteiger partial charge in [-0.25, -0.2) is 0 Å². The zero-order valence-electron chi connectivity index (χ0n) is 9.57. The highest BCUT2D eigenvalue weighted by Gasteiger charge is 2.36. The van der Waals surface area contributed by atoms with Crippen LogP contribution in [0.4, 0.5) is 0 Å². The van der Waals surface area contributed by atoms with Crippen molar-refractivity contribution in [2.24, 2.45) is 22.5 Å². The van der Waals surface area contributed by atoms with Crippen LogP contribution in [0.1, 0.15) is 48.0 Å². The third kappa shape index (κ3) is 2.48. The van der Waals surface area contributed by atoms with Crippen LogP contribution in [-0.4, -0.2) is 6.54 Å². The maximum absolute atomic E-state index is 5.57. The normalized spacial score (nSPS) is 16.2. The Morgan fingerprint density at radius 3 is 1.75 bits per heavy atom. The Kier molecular flexibility index (Phi) is 3.77. The highest BCUT2D eigenvalue weighted by Crippen LogP contribution is 2.44. The molecular formula is C11H25N. The number of rotatable bonds is 3. The van der Waals surface area contributed by atoms with Crippen molar-refractivity contribution in [1.82, 2.24) is 0 Å². The SMILES string of the molecule is CC(CCN)C(C)(C)C(C)(C)C. The summed E-state index contributed by atoms with van der Waals surface area (Å²) in [7, 11) is 0. The van der Waals surface area contributed by atoms with E-state index in [9.17, 15) is 0 Å². The van der Waals surface area contributed by atoms with Crippen molar-refractivity contribution in [3.05, 3.63) is 0 Å². The standard InChI is InChI=1S/C11H25N/c1-9(7-8-12)11(5,6)10(2,3)4/h9H,7-8,12H2,1-6H3. The summed E-state index contributed by atoms with van der Waals surface area (Å²) in [5.74, 6) is 0.697. The monoisotopic (exact) mass is 171 g/mol. The second-order valence-electron chi connectivity index (χ2n) is 5.45. The molecule has 0 aromatic carbocycles. The van der Waals surface area contributed by atoms with Crippen molar-refractivity contribution >= 4 is 0 Å². The molecule has 0 rings (SSSR count). The van der Waals surface area contributed by atoms with Gasteiger partial charge in [0.2, 0.25) is 0 Å². The molecule has 2 N–H and O–H groups in total. The van der Waals surface area contributed by atoms with E-state index in [1.807, 2.05) is 0 Å². The van der Waals surface area contributed by atoms with E-state index in [1.165, 1.54) is 0 Å². The summed E-state index contributed by atoms with van der Waals surface area (Å²) in [6.45, 7) is 14.7. The van der Waals surface area contributed by atoms with Gasteiger partial charge < -0.3 is 5.73 Å². The average Bonchev–Trinajstić information content (AvgIpc) is 1.85. The Bertz CT molecular complexity index is 130. The minimum absolute atomic E-state index is 0.363. The van der Waals surface area contributed by atoms with Crippen molar-refractivity contribution in [3.8, 4) is 0 Å². The van der Waals surface area contributed by atoms with Gasteiger partial charge in [-0.1, -0.05) is 41.5 Å². The van der Waals surface area contributed by atoms with Crippen LogP contribution in [0.5, 0.6) is 0 Å². The first-order valence-corrected chi connectivity index (χ1v) is 4.93. The first-order valence-electron chi connectivity index (χ1n) is 4.93. The van der Waals surface area contributed by atoms with E-state index in [4.69, 9.17) is 5.73 Å². The van der Waals surface area contributed by atoms with Crippen molar-refractivity contribution in [2.75, 3.05) is 6.54 Å².